The molecule has 0 aliphatic carbocycles. The molecular weight excluding hydrogens is 441 g/mol. The summed E-state index contributed by atoms with van der Waals surface area (Å²) in [4.78, 5) is 60.0. The van der Waals surface area contributed by atoms with E-state index in [0.29, 0.717) is 0 Å². The first-order valence-corrected chi connectivity index (χ1v) is 6.31. The van der Waals surface area contributed by atoms with Crippen molar-refractivity contribution in [3.8, 4) is 0 Å². The zero-order valence-corrected chi connectivity index (χ0v) is 18.9. The zero-order valence-electron chi connectivity index (χ0n) is 14.6. The van der Waals surface area contributed by atoms with Crippen molar-refractivity contribution in [3.63, 3.8) is 0 Å². The Labute approximate surface area is 210 Å². The first-order valence-electron chi connectivity index (χ1n) is 6.31. The van der Waals surface area contributed by atoms with Gasteiger partial charge in [0, 0.05) is 35.7 Å². The van der Waals surface area contributed by atoms with Crippen LogP contribution < -0.4 is 30.6 Å². The summed E-state index contributed by atoms with van der Waals surface area (Å²) in [5.74, 6) is -15.8. The first-order chi connectivity index (χ1) is 11.7. The molecular formula is C12H10Mg3O14. The summed E-state index contributed by atoms with van der Waals surface area (Å²) < 4.78 is 0. The van der Waals surface area contributed by atoms with E-state index in [-0.39, 0.29) is 69.2 Å². The summed E-state index contributed by atoms with van der Waals surface area (Å²) in [6.45, 7) is 0. The molecule has 0 heterocycles. The molecule has 0 aliphatic heterocycles. The van der Waals surface area contributed by atoms with Gasteiger partial charge in [-0.15, -0.1) is 0 Å². The average Bonchev–Trinajstić information content (AvgIpc) is 2.48. The maximum absolute atomic E-state index is 10.1. The largest absolute Gasteiger partial charge is 2.00 e. The Kier molecular flexibility index (Phi) is 25.3. The molecule has 0 spiro atoms. The zero-order chi connectivity index (χ0) is 21.2. The third-order valence-corrected chi connectivity index (χ3v) is 2.62. The number of rotatable bonds is 10. The minimum absolute atomic E-state index is 0. The Morgan fingerprint density at radius 2 is 0.724 bits per heavy atom. The van der Waals surface area contributed by atoms with E-state index in [9.17, 15) is 59.4 Å². The normalized spacial score (nSPS) is 13.0. The number of hydrogen-bond acceptors (Lipinski definition) is 14. The number of carbonyl (C=O) groups is 6. The van der Waals surface area contributed by atoms with Gasteiger partial charge in [0.25, 0.3) is 0 Å². The molecule has 0 bridgehead atoms. The summed E-state index contributed by atoms with van der Waals surface area (Å²) in [6, 6.07) is 0. The third kappa shape index (κ3) is 17.6. The predicted molar refractivity (Wildman–Crippen MR) is 75.5 cm³/mol. The number of aliphatic carboxylic acids is 6. The SMILES string of the molecule is O=C([O-])CC(C(=O)[O-])C(O)C(=O)[O-].O=C([O-])CC(C(=O)[O-])C(O)C(=O)[O-].[Mg+2].[Mg+2].[Mg+2]. The standard InChI is InChI=1S/2C6H8O7.3Mg/c2*7-3(8)1-2(5(10)11)4(9)6(12)13;;;/h2*2,4,9H,1H2,(H,7,8)(H,10,11)(H,12,13);;;/q;;3*+2/p-6. The van der Waals surface area contributed by atoms with E-state index >= 15 is 0 Å². The number of aliphatic hydroxyl groups excluding tert-OH is 2. The van der Waals surface area contributed by atoms with Crippen molar-refractivity contribution in [2.75, 3.05) is 0 Å². The van der Waals surface area contributed by atoms with Crippen LogP contribution in [0.5, 0.6) is 0 Å². The maximum atomic E-state index is 10.1. The molecule has 4 atom stereocenters. The van der Waals surface area contributed by atoms with Gasteiger partial charge in [-0.3, -0.25) is 0 Å². The molecule has 0 rings (SSSR count). The van der Waals surface area contributed by atoms with E-state index in [1.807, 2.05) is 0 Å². The van der Waals surface area contributed by atoms with Crippen LogP contribution in [0.25, 0.3) is 0 Å². The second kappa shape index (κ2) is 19.0. The van der Waals surface area contributed by atoms with Crippen LogP contribution in [0.2, 0.25) is 0 Å². The minimum atomic E-state index is -2.41. The van der Waals surface area contributed by atoms with E-state index in [2.05, 4.69) is 0 Å². The Morgan fingerprint density at radius 1 is 0.517 bits per heavy atom. The van der Waals surface area contributed by atoms with Crippen molar-refractivity contribution in [2.24, 2.45) is 11.8 Å². The minimum Gasteiger partial charge on any atom is -0.550 e. The molecule has 0 saturated heterocycles. The molecule has 4 unspecified atom stereocenters. The van der Waals surface area contributed by atoms with E-state index in [1.54, 1.807) is 0 Å². The fourth-order valence-electron chi connectivity index (χ4n) is 1.34. The topological polar surface area (TPSA) is 281 Å². The van der Waals surface area contributed by atoms with E-state index in [1.165, 1.54) is 0 Å². The molecule has 0 aliphatic rings. The molecule has 29 heavy (non-hydrogen) atoms. The van der Waals surface area contributed by atoms with Crippen molar-refractivity contribution in [1.29, 1.82) is 0 Å². The molecule has 148 valence electrons. The van der Waals surface area contributed by atoms with Crippen LogP contribution in [0, 0.1) is 11.8 Å². The molecule has 0 aromatic carbocycles. The smallest absolute Gasteiger partial charge is 0.550 e. The number of carbonyl (C=O) groups excluding carboxylic acids is 6. The van der Waals surface area contributed by atoms with Crippen LogP contribution in [0.3, 0.4) is 0 Å². The molecule has 0 aromatic heterocycles. The van der Waals surface area contributed by atoms with Crippen LogP contribution >= 0.6 is 0 Å². The summed E-state index contributed by atoms with van der Waals surface area (Å²) in [5.41, 5.74) is 0. The predicted octanol–water partition coefficient (Wildman–Crippen LogP) is -11.9. The quantitative estimate of drug-likeness (QED) is 0.292. The van der Waals surface area contributed by atoms with Crippen molar-refractivity contribution in [3.05, 3.63) is 0 Å². The van der Waals surface area contributed by atoms with Crippen molar-refractivity contribution >= 4 is 105 Å². The molecule has 14 nitrogen and oxygen atoms in total. The van der Waals surface area contributed by atoms with Crippen LogP contribution in [0.15, 0.2) is 0 Å². The van der Waals surface area contributed by atoms with E-state index in [4.69, 9.17) is 10.2 Å². The van der Waals surface area contributed by atoms with Gasteiger partial charge in [-0.25, -0.2) is 0 Å². The number of carboxylic acids is 6. The van der Waals surface area contributed by atoms with Crippen molar-refractivity contribution in [1.82, 2.24) is 0 Å². The second-order valence-corrected chi connectivity index (χ2v) is 4.53. The van der Waals surface area contributed by atoms with Gasteiger partial charge in [0.1, 0.15) is 12.2 Å². The molecule has 0 fully saturated rings. The average molecular weight is 451 g/mol. The number of carboxylic acid groups (broad SMARTS) is 6. The van der Waals surface area contributed by atoms with Crippen LogP contribution in [0.4, 0.5) is 0 Å². The van der Waals surface area contributed by atoms with Gasteiger partial charge in [0.2, 0.25) is 0 Å². The molecule has 17 heteroatoms. The maximum Gasteiger partial charge on any atom is 2.00 e. The van der Waals surface area contributed by atoms with Gasteiger partial charge in [0.05, 0.1) is 11.9 Å². The van der Waals surface area contributed by atoms with E-state index in [0.717, 1.165) is 0 Å². The number of hydrogen-bond donors (Lipinski definition) is 2. The fourth-order valence-corrected chi connectivity index (χ4v) is 1.34. The van der Waals surface area contributed by atoms with Crippen molar-refractivity contribution in [2.45, 2.75) is 25.0 Å². The summed E-state index contributed by atoms with van der Waals surface area (Å²) >= 11 is 0. The van der Waals surface area contributed by atoms with Gasteiger partial charge in [0.15, 0.2) is 0 Å². The number of aliphatic hydroxyl groups is 2. The molecule has 0 amide bonds. The van der Waals surface area contributed by atoms with Gasteiger partial charge < -0.3 is 69.6 Å². The molecule has 0 aromatic rings. The molecule has 0 saturated carbocycles. The van der Waals surface area contributed by atoms with Crippen LogP contribution in [-0.2, 0) is 28.8 Å². The van der Waals surface area contributed by atoms with Gasteiger partial charge in [-0.2, -0.15) is 0 Å². The second-order valence-electron chi connectivity index (χ2n) is 4.53. The molecule has 0 radical (unpaired) electrons. The Hall–Kier alpha value is -0.961. The van der Waals surface area contributed by atoms with E-state index < -0.39 is 72.7 Å². The summed E-state index contributed by atoms with van der Waals surface area (Å²) in [7, 11) is 0. The Balaban J connectivity index is -0.000000120. The summed E-state index contributed by atoms with van der Waals surface area (Å²) in [5, 5.41) is 77.3. The Bertz CT molecular complexity index is 530. The van der Waals surface area contributed by atoms with Crippen LogP contribution in [0.1, 0.15) is 12.8 Å². The van der Waals surface area contributed by atoms with Crippen LogP contribution in [-0.4, -0.2) is 127 Å². The van der Waals surface area contributed by atoms with Gasteiger partial charge in [-0.1, -0.05) is 0 Å². The third-order valence-electron chi connectivity index (χ3n) is 2.62. The first kappa shape index (κ1) is 38.6. The van der Waals surface area contributed by atoms with Crippen molar-refractivity contribution < 1.29 is 69.6 Å². The monoisotopic (exact) mass is 450 g/mol. The van der Waals surface area contributed by atoms with Gasteiger partial charge in [-0.05, 0) is 12.8 Å². The summed E-state index contributed by atoms with van der Waals surface area (Å²) in [6.07, 6.45) is -7.11. The Morgan fingerprint density at radius 3 is 0.828 bits per heavy atom. The molecule has 2 N–H and O–H groups in total. The van der Waals surface area contributed by atoms with Gasteiger partial charge >= 0.3 is 69.2 Å². The fraction of sp³-hybridized carbons (Fsp3) is 0.500.